The van der Waals surface area contributed by atoms with Gasteiger partial charge >= 0.3 is 0 Å². The number of thioether (sulfide) groups is 1. The van der Waals surface area contributed by atoms with Gasteiger partial charge in [-0.3, -0.25) is 19.2 Å². The second-order valence-corrected chi connectivity index (χ2v) is 11.1. The molecule has 0 unspecified atom stereocenters. The molecule has 1 aromatic carbocycles. The van der Waals surface area contributed by atoms with Crippen LogP contribution in [0.4, 0.5) is 5.69 Å². The Morgan fingerprint density at radius 2 is 1.74 bits per heavy atom. The molecule has 35 heavy (non-hydrogen) atoms. The number of rotatable bonds is 6. The Hall–Kier alpha value is -2.32. The summed E-state index contributed by atoms with van der Waals surface area (Å²) in [6.45, 7) is 10.3. The zero-order chi connectivity index (χ0) is 24.4. The van der Waals surface area contributed by atoms with E-state index in [4.69, 9.17) is 5.10 Å². The lowest BCUT2D eigenvalue weighted by molar-refractivity contribution is 0.0763. The van der Waals surface area contributed by atoms with Gasteiger partial charge in [0, 0.05) is 85.9 Å². The summed E-state index contributed by atoms with van der Waals surface area (Å²) in [5, 5.41) is 4.88. The lowest BCUT2D eigenvalue weighted by Crippen LogP contribution is -2.52. The van der Waals surface area contributed by atoms with Crippen molar-refractivity contribution in [1.29, 1.82) is 0 Å². The fourth-order valence-electron chi connectivity index (χ4n) is 5.72. The summed E-state index contributed by atoms with van der Waals surface area (Å²) in [6, 6.07) is 8.46. The lowest BCUT2D eigenvalue weighted by atomic mass is 9.89. The Morgan fingerprint density at radius 1 is 1.03 bits per heavy atom. The normalized spacial score (nSPS) is 21.1. The maximum Gasteiger partial charge on any atom is 0.274 e. The van der Waals surface area contributed by atoms with Gasteiger partial charge in [-0.15, -0.1) is 0 Å². The number of Topliss-reactive ketones (excluding diaryl/α,β-unsaturated/α-hetero) is 1. The van der Waals surface area contributed by atoms with Crippen LogP contribution in [-0.4, -0.2) is 88.1 Å². The van der Waals surface area contributed by atoms with E-state index in [1.54, 1.807) is 6.92 Å². The van der Waals surface area contributed by atoms with E-state index in [9.17, 15) is 9.59 Å². The number of nitrogens with zero attached hydrogens (tertiary/aromatic N) is 5. The smallest absolute Gasteiger partial charge is 0.274 e. The zero-order valence-corrected chi connectivity index (χ0v) is 21.9. The number of anilines is 1. The van der Waals surface area contributed by atoms with Crippen LogP contribution in [0.2, 0.25) is 0 Å². The minimum absolute atomic E-state index is 0.109. The van der Waals surface area contributed by atoms with Crippen molar-refractivity contribution in [3.63, 3.8) is 0 Å². The number of piperazine rings is 1. The number of fused-ring (bicyclic) bond motifs is 1. The molecule has 1 amide bonds. The Kier molecular flexibility index (Phi) is 7.48. The predicted molar refractivity (Wildman–Crippen MR) is 142 cm³/mol. The molecular formula is C27H37N5O2S. The molecule has 3 aliphatic rings. The van der Waals surface area contributed by atoms with E-state index in [-0.39, 0.29) is 11.7 Å². The summed E-state index contributed by atoms with van der Waals surface area (Å²) in [4.78, 5) is 32.1. The molecule has 1 aromatic heterocycles. The molecule has 0 bridgehead atoms. The van der Waals surface area contributed by atoms with Gasteiger partial charge in [0.2, 0.25) is 0 Å². The molecule has 188 valence electrons. The van der Waals surface area contributed by atoms with Gasteiger partial charge in [0.05, 0.1) is 0 Å². The first-order chi connectivity index (χ1) is 17.0. The van der Waals surface area contributed by atoms with Crippen LogP contribution in [0.25, 0.3) is 0 Å². The van der Waals surface area contributed by atoms with E-state index in [1.165, 1.54) is 16.9 Å². The highest BCUT2D eigenvalue weighted by Gasteiger charge is 2.34. The van der Waals surface area contributed by atoms with Crippen molar-refractivity contribution >= 4 is 29.1 Å². The molecule has 2 aromatic rings. The number of aromatic nitrogens is 2. The van der Waals surface area contributed by atoms with Crippen LogP contribution in [-0.2, 0) is 19.4 Å². The van der Waals surface area contributed by atoms with Crippen LogP contribution in [0.5, 0.6) is 0 Å². The minimum atomic E-state index is 0.109. The Bertz CT molecular complexity index is 1050. The van der Waals surface area contributed by atoms with Crippen molar-refractivity contribution in [1.82, 2.24) is 19.6 Å². The maximum absolute atomic E-state index is 13.4. The van der Waals surface area contributed by atoms with Gasteiger partial charge in [-0.05, 0) is 56.9 Å². The van der Waals surface area contributed by atoms with Crippen molar-refractivity contribution in [2.24, 2.45) is 0 Å². The van der Waals surface area contributed by atoms with Crippen molar-refractivity contribution < 1.29 is 9.59 Å². The molecule has 2 saturated heterocycles. The van der Waals surface area contributed by atoms with Gasteiger partial charge in [-0.2, -0.15) is 16.9 Å². The zero-order valence-electron chi connectivity index (χ0n) is 21.0. The monoisotopic (exact) mass is 495 g/mol. The van der Waals surface area contributed by atoms with E-state index in [2.05, 4.69) is 33.5 Å². The Balaban J connectivity index is 1.27. The van der Waals surface area contributed by atoms with Gasteiger partial charge < -0.3 is 9.80 Å². The third-order valence-electron chi connectivity index (χ3n) is 7.73. The van der Waals surface area contributed by atoms with Gasteiger partial charge in [-0.25, -0.2) is 0 Å². The summed E-state index contributed by atoms with van der Waals surface area (Å²) in [6.07, 6.45) is 4.09. The summed E-state index contributed by atoms with van der Waals surface area (Å²) in [5.41, 5.74) is 5.17. The SMILES string of the molecule is CCCn1nc(C(=O)N2CCSCC2)c2c1CC[C@H](N1CCN(c3ccc(C(C)=O)cc3)CC1)C2. The van der Waals surface area contributed by atoms with Gasteiger partial charge in [0.1, 0.15) is 0 Å². The predicted octanol–water partition coefficient (Wildman–Crippen LogP) is 3.36. The lowest BCUT2D eigenvalue weighted by Gasteiger charge is -2.41. The summed E-state index contributed by atoms with van der Waals surface area (Å²) in [7, 11) is 0. The van der Waals surface area contributed by atoms with Crippen LogP contribution < -0.4 is 4.90 Å². The highest BCUT2D eigenvalue weighted by Crippen LogP contribution is 2.30. The highest BCUT2D eigenvalue weighted by molar-refractivity contribution is 7.99. The second kappa shape index (κ2) is 10.7. The average Bonchev–Trinajstić information content (AvgIpc) is 3.27. The van der Waals surface area contributed by atoms with E-state index in [0.717, 1.165) is 88.6 Å². The van der Waals surface area contributed by atoms with Crippen molar-refractivity contribution in [2.75, 3.05) is 55.7 Å². The maximum atomic E-state index is 13.4. The first kappa shape index (κ1) is 24.4. The molecule has 2 aliphatic heterocycles. The van der Waals surface area contributed by atoms with E-state index < -0.39 is 0 Å². The molecule has 1 aliphatic carbocycles. The molecule has 5 rings (SSSR count). The molecular weight excluding hydrogens is 458 g/mol. The molecule has 0 saturated carbocycles. The number of hydrogen-bond acceptors (Lipinski definition) is 6. The number of hydrogen-bond donors (Lipinski definition) is 0. The van der Waals surface area contributed by atoms with Crippen molar-refractivity contribution in [3.8, 4) is 0 Å². The Morgan fingerprint density at radius 3 is 2.40 bits per heavy atom. The Labute approximate surface area is 212 Å². The number of aryl methyl sites for hydroxylation is 1. The average molecular weight is 496 g/mol. The van der Waals surface area contributed by atoms with E-state index in [0.29, 0.717) is 11.7 Å². The van der Waals surface area contributed by atoms with Crippen LogP contribution in [0.1, 0.15) is 58.8 Å². The number of ketones is 1. The molecule has 0 spiro atoms. The number of benzene rings is 1. The van der Waals surface area contributed by atoms with Crippen LogP contribution in [0.15, 0.2) is 24.3 Å². The third-order valence-corrected chi connectivity index (χ3v) is 8.67. The topological polar surface area (TPSA) is 61.7 Å². The van der Waals surface area contributed by atoms with Crippen LogP contribution >= 0.6 is 11.8 Å². The quantitative estimate of drug-likeness (QED) is 0.573. The van der Waals surface area contributed by atoms with Crippen LogP contribution in [0.3, 0.4) is 0 Å². The largest absolute Gasteiger partial charge is 0.369 e. The van der Waals surface area contributed by atoms with Gasteiger partial charge in [0.15, 0.2) is 11.5 Å². The molecule has 0 N–H and O–H groups in total. The highest BCUT2D eigenvalue weighted by atomic mass is 32.2. The molecule has 0 radical (unpaired) electrons. The van der Waals surface area contributed by atoms with Crippen molar-refractivity contribution in [3.05, 3.63) is 46.8 Å². The summed E-state index contributed by atoms with van der Waals surface area (Å²) >= 11 is 1.93. The second-order valence-electron chi connectivity index (χ2n) is 9.92. The first-order valence-corrected chi connectivity index (χ1v) is 14.3. The standard InChI is InChI=1S/C27H37N5O2S/c1-3-10-32-25-9-8-23(19-24(25)26(28-32)27(34)31-15-17-35-18-16-31)30-13-11-29(12-14-30)22-6-4-21(5-7-22)20(2)33/h4-7,23H,3,8-19H2,1-2H3/t23-/m0/s1. The summed E-state index contributed by atoms with van der Waals surface area (Å²) < 4.78 is 2.13. The first-order valence-electron chi connectivity index (χ1n) is 13.1. The number of carbonyl (C=O) groups excluding carboxylic acids is 2. The molecule has 1 atom stereocenters. The molecule has 8 heteroatoms. The van der Waals surface area contributed by atoms with E-state index in [1.807, 2.05) is 28.8 Å². The molecule has 3 heterocycles. The van der Waals surface area contributed by atoms with Crippen LogP contribution in [0, 0.1) is 0 Å². The minimum Gasteiger partial charge on any atom is -0.369 e. The molecule has 7 nitrogen and oxygen atoms in total. The fraction of sp³-hybridized carbons (Fsp3) is 0.593. The summed E-state index contributed by atoms with van der Waals surface area (Å²) in [5.74, 6) is 2.29. The molecule has 2 fully saturated rings. The number of amides is 1. The fourth-order valence-corrected chi connectivity index (χ4v) is 6.62. The van der Waals surface area contributed by atoms with Gasteiger partial charge in [-0.1, -0.05) is 6.92 Å². The van der Waals surface area contributed by atoms with E-state index >= 15 is 0 Å². The number of carbonyl (C=O) groups is 2. The third kappa shape index (κ3) is 5.14. The van der Waals surface area contributed by atoms with Crippen molar-refractivity contribution in [2.45, 2.75) is 52.1 Å². The van der Waals surface area contributed by atoms with Gasteiger partial charge in [0.25, 0.3) is 5.91 Å².